The average molecular weight is 593 g/mol. The number of hydrogen-bond acceptors (Lipinski definition) is 11. The highest BCUT2D eigenvalue weighted by molar-refractivity contribution is 5.94. The van der Waals surface area contributed by atoms with E-state index in [0.29, 0.717) is 59.2 Å². The molecule has 7 rings (SSSR count). The van der Waals surface area contributed by atoms with Crippen LogP contribution in [0.25, 0.3) is 11.2 Å². The number of carbonyl (C=O) groups excluding carboxylic acids is 1. The minimum atomic E-state index is -0.724. The monoisotopic (exact) mass is 592 g/mol. The van der Waals surface area contributed by atoms with Crippen molar-refractivity contribution in [2.45, 2.75) is 81.8 Å². The molecule has 1 aromatic carbocycles. The van der Waals surface area contributed by atoms with Crippen molar-refractivity contribution in [1.82, 2.24) is 24.4 Å². The lowest BCUT2D eigenvalue weighted by atomic mass is 9.76. The fourth-order valence-electron chi connectivity index (χ4n) is 6.73. The van der Waals surface area contributed by atoms with Crippen LogP contribution < -0.4 is 16.8 Å². The van der Waals surface area contributed by atoms with Crippen LogP contribution in [0.15, 0.2) is 30.9 Å². The first-order chi connectivity index (χ1) is 20.6. The molecule has 3 saturated heterocycles. The predicted molar refractivity (Wildman–Crippen MR) is 159 cm³/mol. The van der Waals surface area contributed by atoms with Crippen LogP contribution in [0.2, 0.25) is 0 Å². The number of carbonyl (C=O) groups is 1. The van der Waals surface area contributed by atoms with Crippen molar-refractivity contribution >= 4 is 34.3 Å². The Morgan fingerprint density at radius 1 is 1.14 bits per heavy atom. The molecular weight excluding hydrogens is 552 g/mol. The molecule has 5 heterocycles. The van der Waals surface area contributed by atoms with Crippen molar-refractivity contribution < 1.29 is 23.7 Å². The van der Waals surface area contributed by atoms with Gasteiger partial charge >= 0.3 is 0 Å². The van der Waals surface area contributed by atoms with Gasteiger partial charge in [-0.05, 0) is 63.8 Å². The van der Waals surface area contributed by atoms with Crippen LogP contribution in [0.4, 0.5) is 17.2 Å². The minimum absolute atomic E-state index is 0.00185. The molecule has 4 atom stereocenters. The number of anilines is 3. The van der Waals surface area contributed by atoms with Gasteiger partial charge in [0.25, 0.3) is 0 Å². The van der Waals surface area contributed by atoms with E-state index in [-0.39, 0.29) is 24.2 Å². The van der Waals surface area contributed by atoms with Crippen LogP contribution in [-0.2, 0) is 23.7 Å². The molecule has 0 bridgehead atoms. The maximum atomic E-state index is 12.7. The molecular formula is C30H40N8O5. The number of ether oxygens (including phenoxy) is 4. The number of aromatic nitrogens is 4. The third-order valence-corrected chi connectivity index (χ3v) is 9.33. The lowest BCUT2D eigenvalue weighted by Crippen LogP contribution is -2.48. The Bertz CT molecular complexity index is 1500. The highest BCUT2D eigenvalue weighted by atomic mass is 16.8. The van der Waals surface area contributed by atoms with Crippen LogP contribution >= 0.6 is 0 Å². The van der Waals surface area contributed by atoms with Crippen molar-refractivity contribution in [1.29, 1.82) is 0 Å². The first kappa shape index (κ1) is 28.4. The van der Waals surface area contributed by atoms with Crippen LogP contribution in [0.5, 0.6) is 0 Å². The number of nitrogens with one attached hydrogen (secondary N) is 1. The maximum Gasteiger partial charge on any atom is 0.224 e. The Hall–Kier alpha value is -3.36. The number of nitrogens with two attached hydrogens (primary N) is 2. The van der Waals surface area contributed by atoms with Crippen molar-refractivity contribution in [3.05, 3.63) is 36.4 Å². The molecule has 2 aromatic heterocycles. The number of fused-ring (bicyclic) bond motifs is 2. The normalized spacial score (nSPS) is 29.9. The smallest absolute Gasteiger partial charge is 0.224 e. The quantitative estimate of drug-likeness (QED) is 0.313. The first-order valence-electron chi connectivity index (χ1n) is 15.1. The summed E-state index contributed by atoms with van der Waals surface area (Å²) in [6.07, 6.45) is 5.32. The van der Waals surface area contributed by atoms with Gasteiger partial charge in [0.15, 0.2) is 23.5 Å². The Labute approximate surface area is 250 Å². The zero-order valence-electron chi connectivity index (χ0n) is 24.8. The van der Waals surface area contributed by atoms with E-state index >= 15 is 0 Å². The number of benzene rings is 1. The second kappa shape index (κ2) is 11.0. The third-order valence-electron chi connectivity index (χ3n) is 9.33. The summed E-state index contributed by atoms with van der Waals surface area (Å²) in [4.78, 5) is 28.0. The molecule has 1 aliphatic carbocycles. The Kier molecular flexibility index (Phi) is 7.25. The molecule has 3 aliphatic heterocycles. The van der Waals surface area contributed by atoms with E-state index in [4.69, 9.17) is 30.4 Å². The molecule has 0 spiro atoms. The number of nitrogen functional groups attached to an aromatic ring is 2. The molecule has 4 unspecified atom stereocenters. The minimum Gasteiger partial charge on any atom is -0.397 e. The SMILES string of the molecule is CN(CC1OC(n2cnc3c(N)ncnc32)C2OC(C)(C)OC12)C1CC(CCC(=O)Nc2cc(C3COC3)ccc2N)C1. The summed E-state index contributed by atoms with van der Waals surface area (Å²) in [5.41, 5.74) is 15.7. The Balaban J connectivity index is 0.923. The molecule has 4 fully saturated rings. The van der Waals surface area contributed by atoms with Crippen molar-refractivity contribution in [2.24, 2.45) is 5.92 Å². The molecule has 3 aromatic rings. The van der Waals surface area contributed by atoms with Gasteiger partial charge in [0.05, 0.1) is 30.9 Å². The van der Waals surface area contributed by atoms with E-state index in [1.165, 1.54) is 6.33 Å². The molecule has 4 aliphatic rings. The van der Waals surface area contributed by atoms with Gasteiger partial charge in [-0.1, -0.05) is 6.07 Å². The fourth-order valence-corrected chi connectivity index (χ4v) is 6.73. The van der Waals surface area contributed by atoms with Gasteiger partial charge in [-0.25, -0.2) is 15.0 Å². The van der Waals surface area contributed by atoms with Gasteiger partial charge in [0.2, 0.25) is 5.91 Å². The zero-order valence-corrected chi connectivity index (χ0v) is 24.8. The number of hydrogen-bond donors (Lipinski definition) is 3. The summed E-state index contributed by atoms with van der Waals surface area (Å²) in [6.45, 7) is 5.98. The number of rotatable bonds is 9. The maximum absolute atomic E-state index is 12.7. The zero-order chi connectivity index (χ0) is 29.9. The van der Waals surface area contributed by atoms with Crippen LogP contribution in [0.1, 0.15) is 57.2 Å². The van der Waals surface area contributed by atoms with Gasteiger partial charge in [-0.3, -0.25) is 9.36 Å². The summed E-state index contributed by atoms with van der Waals surface area (Å²) < 4.78 is 26.4. The summed E-state index contributed by atoms with van der Waals surface area (Å²) >= 11 is 0. The summed E-state index contributed by atoms with van der Waals surface area (Å²) in [5, 5.41) is 3.02. The number of nitrogens with zero attached hydrogens (tertiary/aromatic N) is 5. The molecule has 230 valence electrons. The van der Waals surface area contributed by atoms with Gasteiger partial charge in [0.1, 0.15) is 30.2 Å². The van der Waals surface area contributed by atoms with Crippen molar-refractivity contribution in [2.75, 3.05) is 43.6 Å². The standard InChI is InChI=1S/C30H40N8O5/c1-30(2)42-25-22(41-29(26(25)43-30)38-15-35-24-27(32)33-14-34-28(24)38)11-37(3)19-8-16(9-19)4-7-23(39)36-21-10-17(5-6-20(21)31)18-12-40-13-18/h5-6,10,14-16,18-19,22,25-26,29H,4,7-9,11-13,31H2,1-3H3,(H,36,39)(H2,32,33,34). The van der Waals surface area contributed by atoms with Crippen LogP contribution in [-0.4, -0.2) is 87.3 Å². The van der Waals surface area contributed by atoms with Gasteiger partial charge in [0, 0.05) is 24.9 Å². The summed E-state index contributed by atoms with van der Waals surface area (Å²) in [6, 6.07) is 6.27. The molecule has 5 N–H and O–H groups in total. The van der Waals surface area contributed by atoms with Gasteiger partial charge < -0.3 is 40.6 Å². The second-order valence-corrected chi connectivity index (χ2v) is 12.8. The summed E-state index contributed by atoms with van der Waals surface area (Å²) in [5.74, 6) is 0.491. The largest absolute Gasteiger partial charge is 0.397 e. The van der Waals surface area contributed by atoms with E-state index in [2.05, 4.69) is 32.2 Å². The number of imidazole rings is 1. The number of likely N-dealkylation sites (N-methyl/N-ethyl adjacent to an activating group) is 1. The lowest BCUT2D eigenvalue weighted by molar-refractivity contribution is -0.198. The molecule has 1 amide bonds. The molecule has 43 heavy (non-hydrogen) atoms. The third kappa shape index (κ3) is 5.44. The van der Waals surface area contributed by atoms with Gasteiger partial charge in [-0.15, -0.1) is 0 Å². The highest BCUT2D eigenvalue weighted by Crippen LogP contribution is 2.45. The lowest BCUT2D eigenvalue weighted by Gasteiger charge is -2.42. The van der Waals surface area contributed by atoms with E-state index in [9.17, 15) is 4.79 Å². The second-order valence-electron chi connectivity index (χ2n) is 12.8. The number of amides is 1. The van der Waals surface area contributed by atoms with Crippen LogP contribution in [0.3, 0.4) is 0 Å². The fraction of sp³-hybridized carbons (Fsp3) is 0.600. The van der Waals surface area contributed by atoms with Gasteiger partial charge in [-0.2, -0.15) is 0 Å². The van der Waals surface area contributed by atoms with E-state index < -0.39 is 12.0 Å². The van der Waals surface area contributed by atoms with E-state index in [1.807, 2.05) is 36.6 Å². The van der Waals surface area contributed by atoms with E-state index in [0.717, 1.165) is 38.0 Å². The average Bonchev–Trinajstić information content (AvgIpc) is 3.56. The van der Waals surface area contributed by atoms with Crippen LogP contribution in [0, 0.1) is 5.92 Å². The topological polar surface area (TPSA) is 165 Å². The van der Waals surface area contributed by atoms with E-state index in [1.54, 1.807) is 6.33 Å². The molecule has 13 heteroatoms. The Morgan fingerprint density at radius 2 is 1.93 bits per heavy atom. The molecule has 0 radical (unpaired) electrons. The Morgan fingerprint density at radius 3 is 2.70 bits per heavy atom. The molecule has 1 saturated carbocycles. The van der Waals surface area contributed by atoms with Crippen molar-refractivity contribution in [3.63, 3.8) is 0 Å². The first-order valence-corrected chi connectivity index (χ1v) is 15.1. The van der Waals surface area contributed by atoms with Crippen molar-refractivity contribution in [3.8, 4) is 0 Å². The summed E-state index contributed by atoms with van der Waals surface area (Å²) in [7, 11) is 2.13. The highest BCUT2D eigenvalue weighted by Gasteiger charge is 2.56. The predicted octanol–water partition coefficient (Wildman–Crippen LogP) is 2.65. The molecule has 13 nitrogen and oxygen atoms in total.